The molecule has 0 fully saturated rings. The molecular weight excluding hydrogens is 495 g/mol. The first-order chi connectivity index (χ1) is 17.4. The summed E-state index contributed by atoms with van der Waals surface area (Å²) in [5, 5.41) is 0.785. The predicted octanol–water partition coefficient (Wildman–Crippen LogP) is 6.18. The molecule has 0 atom stereocenters. The highest BCUT2D eigenvalue weighted by atomic mass is 19.4. The number of carbonyl (C=O) groups excluding carboxylic acids is 2. The minimum Gasteiger partial charge on any atom is -0.451 e. The van der Waals surface area contributed by atoms with E-state index in [9.17, 15) is 22.8 Å². The minimum absolute atomic E-state index is 0.0349. The maximum atomic E-state index is 12.6. The quantitative estimate of drug-likeness (QED) is 0.150. The van der Waals surface area contributed by atoms with Gasteiger partial charge in [0, 0.05) is 12.5 Å². The summed E-state index contributed by atoms with van der Waals surface area (Å²) in [6.45, 7) is 6.62. The van der Waals surface area contributed by atoms with Crippen molar-refractivity contribution in [2.75, 3.05) is 20.4 Å². The maximum Gasteiger partial charge on any atom is 0.573 e. The Morgan fingerprint density at radius 2 is 1.70 bits per heavy atom. The summed E-state index contributed by atoms with van der Waals surface area (Å²) in [5.41, 5.74) is 3.76. The number of nitrogens with zero attached hydrogens (tertiary/aromatic N) is 1. The van der Waals surface area contributed by atoms with Crippen molar-refractivity contribution in [1.29, 1.82) is 0 Å². The van der Waals surface area contributed by atoms with E-state index in [1.165, 1.54) is 32.2 Å². The predicted molar refractivity (Wildman–Crippen MR) is 128 cm³/mol. The Balaban J connectivity index is 2.06. The molecular formula is C26H30F3NO7. The summed E-state index contributed by atoms with van der Waals surface area (Å²) >= 11 is 0. The van der Waals surface area contributed by atoms with E-state index in [4.69, 9.17) is 14.3 Å². The zero-order valence-electron chi connectivity index (χ0n) is 21.3. The number of ether oxygens (including phenoxy) is 4. The van der Waals surface area contributed by atoms with Crippen LogP contribution in [0.25, 0.3) is 5.57 Å². The normalized spacial score (nSPS) is 11.9. The van der Waals surface area contributed by atoms with Crippen molar-refractivity contribution in [3.63, 3.8) is 0 Å². The van der Waals surface area contributed by atoms with Gasteiger partial charge in [0.15, 0.2) is 5.75 Å². The zero-order valence-corrected chi connectivity index (χ0v) is 21.3. The van der Waals surface area contributed by atoms with Gasteiger partial charge in [-0.15, -0.1) is 18.2 Å². The first-order valence-corrected chi connectivity index (χ1v) is 11.3. The van der Waals surface area contributed by atoms with Gasteiger partial charge in [-0.25, -0.2) is 4.79 Å². The molecule has 202 valence electrons. The van der Waals surface area contributed by atoms with Crippen LogP contribution in [0.1, 0.15) is 43.9 Å². The topological polar surface area (TPSA) is 83.5 Å². The van der Waals surface area contributed by atoms with Crippen LogP contribution >= 0.6 is 0 Å². The summed E-state index contributed by atoms with van der Waals surface area (Å²) < 4.78 is 57.0. The maximum absolute atomic E-state index is 12.6. The Labute approximate surface area is 213 Å². The van der Waals surface area contributed by atoms with Crippen LogP contribution in [-0.2, 0) is 25.6 Å². The van der Waals surface area contributed by atoms with Crippen LogP contribution in [0.5, 0.6) is 11.5 Å². The van der Waals surface area contributed by atoms with Crippen molar-refractivity contribution in [1.82, 2.24) is 5.06 Å². The number of aryl methyl sites for hydroxylation is 1. The molecule has 37 heavy (non-hydrogen) atoms. The summed E-state index contributed by atoms with van der Waals surface area (Å²) in [6.07, 6.45) is -5.09. The highest BCUT2D eigenvalue weighted by Crippen LogP contribution is 2.29. The molecule has 1 amide bonds. The van der Waals surface area contributed by atoms with Crippen LogP contribution in [-0.4, -0.2) is 43.9 Å². The fourth-order valence-electron chi connectivity index (χ4n) is 3.11. The molecule has 0 saturated carbocycles. The molecule has 0 radical (unpaired) electrons. The molecule has 2 rings (SSSR count). The molecule has 0 aromatic heterocycles. The Bertz CT molecular complexity index is 1120. The SMILES string of the molecule is COC(=O)N(COC(C)=O)Oc1cc(/C(C)=C(\C)CCOCc2ccccc2OC(F)(F)F)ccc1C. The van der Waals surface area contributed by atoms with Crippen molar-refractivity contribution in [3.8, 4) is 11.5 Å². The number of hydrogen-bond donors (Lipinski definition) is 0. The minimum atomic E-state index is -4.78. The third-order valence-corrected chi connectivity index (χ3v) is 5.31. The second-order valence-corrected chi connectivity index (χ2v) is 8.05. The molecule has 0 saturated heterocycles. The molecule has 2 aromatic rings. The van der Waals surface area contributed by atoms with E-state index in [1.807, 2.05) is 26.0 Å². The Morgan fingerprint density at radius 3 is 2.35 bits per heavy atom. The average Bonchev–Trinajstić information content (AvgIpc) is 2.84. The number of esters is 1. The molecule has 0 aliphatic rings. The number of halogens is 3. The summed E-state index contributed by atoms with van der Waals surface area (Å²) in [6, 6.07) is 11.3. The van der Waals surface area contributed by atoms with Crippen molar-refractivity contribution in [2.45, 2.75) is 47.1 Å². The highest BCUT2D eigenvalue weighted by Gasteiger charge is 2.32. The number of allylic oxidation sites excluding steroid dienone is 1. The van der Waals surface area contributed by atoms with Crippen LogP contribution in [0.2, 0.25) is 0 Å². The van der Waals surface area contributed by atoms with Crippen molar-refractivity contribution in [2.24, 2.45) is 0 Å². The van der Waals surface area contributed by atoms with Gasteiger partial charge in [0.2, 0.25) is 6.73 Å². The smallest absolute Gasteiger partial charge is 0.451 e. The van der Waals surface area contributed by atoms with Gasteiger partial charge in [-0.1, -0.05) is 35.9 Å². The van der Waals surface area contributed by atoms with E-state index >= 15 is 0 Å². The van der Waals surface area contributed by atoms with E-state index < -0.39 is 25.2 Å². The fourth-order valence-corrected chi connectivity index (χ4v) is 3.11. The monoisotopic (exact) mass is 525 g/mol. The lowest BCUT2D eigenvalue weighted by atomic mass is 9.99. The van der Waals surface area contributed by atoms with Gasteiger partial charge in [0.1, 0.15) is 5.75 Å². The van der Waals surface area contributed by atoms with Crippen LogP contribution in [0, 0.1) is 6.92 Å². The molecule has 0 unspecified atom stereocenters. The standard InChI is InChI=1S/C26H30F3NO7/c1-17(12-13-34-15-22-8-6-7-9-23(22)36-26(27,28)29)19(3)21-11-10-18(2)24(14-21)37-30(25(32)33-5)16-35-20(4)31/h6-11,14H,12-13,15-16H2,1-5H3/b19-17+. The van der Waals surface area contributed by atoms with E-state index in [1.54, 1.807) is 19.1 Å². The number of benzene rings is 2. The van der Waals surface area contributed by atoms with E-state index in [0.29, 0.717) is 17.7 Å². The van der Waals surface area contributed by atoms with E-state index in [-0.39, 0.29) is 19.0 Å². The van der Waals surface area contributed by atoms with Crippen molar-refractivity contribution in [3.05, 3.63) is 64.7 Å². The number of hydrogen-bond acceptors (Lipinski definition) is 7. The van der Waals surface area contributed by atoms with Crippen LogP contribution in [0.4, 0.5) is 18.0 Å². The molecule has 8 nitrogen and oxygen atoms in total. The number of alkyl halides is 3. The summed E-state index contributed by atoms with van der Waals surface area (Å²) in [7, 11) is 1.18. The Kier molecular flexibility index (Phi) is 10.8. The summed E-state index contributed by atoms with van der Waals surface area (Å²) in [4.78, 5) is 28.8. The molecule has 0 heterocycles. The Hall–Kier alpha value is -3.73. The first-order valence-electron chi connectivity index (χ1n) is 11.3. The Morgan fingerprint density at radius 1 is 1.00 bits per heavy atom. The molecule has 0 bridgehead atoms. The van der Waals surface area contributed by atoms with Gasteiger partial charge in [0.05, 0.1) is 20.3 Å². The van der Waals surface area contributed by atoms with Gasteiger partial charge in [-0.3, -0.25) is 4.79 Å². The van der Waals surface area contributed by atoms with Gasteiger partial charge < -0.3 is 23.8 Å². The lowest BCUT2D eigenvalue weighted by molar-refractivity contribution is -0.275. The number of methoxy groups -OCH3 is 1. The third-order valence-electron chi connectivity index (χ3n) is 5.31. The van der Waals surface area contributed by atoms with Gasteiger partial charge in [0.25, 0.3) is 0 Å². The number of rotatable bonds is 11. The fraction of sp³-hybridized carbons (Fsp3) is 0.385. The summed E-state index contributed by atoms with van der Waals surface area (Å²) in [5.74, 6) is -0.518. The molecule has 0 aliphatic heterocycles. The zero-order chi connectivity index (χ0) is 27.6. The molecule has 0 spiro atoms. The van der Waals surface area contributed by atoms with E-state index in [0.717, 1.165) is 27.3 Å². The molecule has 0 aliphatic carbocycles. The molecule has 11 heteroatoms. The van der Waals surface area contributed by atoms with Gasteiger partial charge in [-0.05, 0) is 56.0 Å². The van der Waals surface area contributed by atoms with Gasteiger partial charge in [-0.2, -0.15) is 0 Å². The third kappa shape index (κ3) is 9.68. The van der Waals surface area contributed by atoms with Crippen LogP contribution in [0.3, 0.4) is 0 Å². The van der Waals surface area contributed by atoms with Crippen LogP contribution < -0.4 is 9.57 Å². The number of amides is 1. The number of carbonyl (C=O) groups is 2. The molecule has 2 aromatic carbocycles. The number of para-hydroxylation sites is 1. The highest BCUT2D eigenvalue weighted by molar-refractivity contribution is 5.70. The average molecular weight is 526 g/mol. The van der Waals surface area contributed by atoms with E-state index in [2.05, 4.69) is 9.47 Å². The second-order valence-electron chi connectivity index (χ2n) is 8.05. The van der Waals surface area contributed by atoms with Crippen LogP contribution in [0.15, 0.2) is 48.0 Å². The van der Waals surface area contributed by atoms with Crippen molar-refractivity contribution < 1.29 is 46.5 Å². The first kappa shape index (κ1) is 29.5. The number of hydroxylamine groups is 2. The lowest BCUT2D eigenvalue weighted by Crippen LogP contribution is -2.37. The lowest BCUT2D eigenvalue weighted by Gasteiger charge is -2.21. The largest absolute Gasteiger partial charge is 0.573 e. The van der Waals surface area contributed by atoms with Gasteiger partial charge >= 0.3 is 18.4 Å². The molecule has 0 N–H and O–H groups in total. The second kappa shape index (κ2) is 13.5. The van der Waals surface area contributed by atoms with Crippen molar-refractivity contribution >= 4 is 17.6 Å².